The topological polar surface area (TPSA) is 65.6 Å². The molecule has 4 aromatic rings. The Morgan fingerprint density at radius 1 is 1.00 bits per heavy atom. The molecule has 2 amide bonds. The van der Waals surface area contributed by atoms with Crippen LogP contribution in [0.4, 0.5) is 5.69 Å². The summed E-state index contributed by atoms with van der Waals surface area (Å²) in [4.78, 5) is 33.4. The van der Waals surface area contributed by atoms with Crippen molar-refractivity contribution in [3.63, 3.8) is 0 Å². The number of aromatic amines is 1. The highest BCUT2D eigenvalue weighted by Crippen LogP contribution is 2.26. The van der Waals surface area contributed by atoms with Crippen LogP contribution < -0.4 is 9.64 Å². The van der Waals surface area contributed by atoms with Crippen molar-refractivity contribution in [1.82, 2.24) is 9.88 Å². The molecule has 1 aliphatic heterocycles. The molecule has 5 rings (SSSR count). The smallest absolute Gasteiger partial charge is 0.270 e. The van der Waals surface area contributed by atoms with E-state index in [0.717, 1.165) is 27.9 Å². The lowest BCUT2D eigenvalue weighted by atomic mass is 10.0. The van der Waals surface area contributed by atoms with Crippen LogP contribution in [0.15, 0.2) is 84.9 Å². The first-order valence-electron chi connectivity index (χ1n) is 11.0. The zero-order valence-electron chi connectivity index (χ0n) is 18.4. The fraction of sp³-hybridized carbons (Fsp3) is 0.185. The van der Waals surface area contributed by atoms with Crippen LogP contribution in [0.2, 0.25) is 0 Å². The Bertz CT molecular complexity index is 1280. The zero-order chi connectivity index (χ0) is 22.8. The van der Waals surface area contributed by atoms with Gasteiger partial charge in [-0.2, -0.15) is 0 Å². The number of carbonyl (C=O) groups excluding carboxylic acids is 2. The van der Waals surface area contributed by atoms with Crippen LogP contribution >= 0.6 is 0 Å². The number of amides is 2. The van der Waals surface area contributed by atoms with E-state index in [4.69, 9.17) is 4.74 Å². The minimum absolute atomic E-state index is 0.0394. The van der Waals surface area contributed by atoms with Crippen LogP contribution in [0.5, 0.6) is 5.75 Å². The second kappa shape index (κ2) is 8.82. The molecule has 1 N–H and O–H groups in total. The van der Waals surface area contributed by atoms with Crippen molar-refractivity contribution < 1.29 is 14.3 Å². The molecule has 1 fully saturated rings. The van der Waals surface area contributed by atoms with Gasteiger partial charge in [0.05, 0.1) is 13.2 Å². The number of H-pyrrole nitrogens is 1. The van der Waals surface area contributed by atoms with Crippen molar-refractivity contribution >= 4 is 28.4 Å². The van der Waals surface area contributed by atoms with Crippen LogP contribution in [-0.2, 0) is 11.2 Å². The first-order chi connectivity index (χ1) is 16.1. The number of para-hydroxylation sites is 1. The van der Waals surface area contributed by atoms with Gasteiger partial charge in [-0.3, -0.25) is 9.59 Å². The van der Waals surface area contributed by atoms with Crippen LogP contribution in [0, 0.1) is 0 Å². The van der Waals surface area contributed by atoms with Crippen molar-refractivity contribution in [3.8, 4) is 5.75 Å². The summed E-state index contributed by atoms with van der Waals surface area (Å²) < 4.78 is 5.29. The molecule has 0 bridgehead atoms. The highest BCUT2D eigenvalue weighted by molar-refractivity contribution is 6.03. The Balaban J connectivity index is 1.44. The Hall–Kier alpha value is -4.06. The molecule has 1 atom stereocenters. The lowest BCUT2D eigenvalue weighted by Crippen LogP contribution is -2.59. The second-order valence-corrected chi connectivity index (χ2v) is 8.26. The molecule has 0 saturated carbocycles. The number of methoxy groups -OCH3 is 1. The molecular formula is C27H25N3O3. The molecular weight excluding hydrogens is 414 g/mol. The largest absolute Gasteiger partial charge is 0.497 e. The molecule has 1 aromatic heterocycles. The van der Waals surface area contributed by atoms with Crippen molar-refractivity contribution in [2.75, 3.05) is 25.1 Å². The van der Waals surface area contributed by atoms with E-state index in [1.54, 1.807) is 12.0 Å². The van der Waals surface area contributed by atoms with E-state index in [2.05, 4.69) is 17.1 Å². The summed E-state index contributed by atoms with van der Waals surface area (Å²) in [5.74, 6) is 0.471. The maximum absolute atomic E-state index is 13.4. The number of piperazine rings is 1. The number of rotatable bonds is 5. The molecule has 1 saturated heterocycles. The van der Waals surface area contributed by atoms with Gasteiger partial charge in [-0.15, -0.1) is 0 Å². The predicted molar refractivity (Wildman–Crippen MR) is 129 cm³/mol. The number of carbonyl (C=O) groups is 2. The van der Waals surface area contributed by atoms with Crippen molar-refractivity contribution in [1.29, 1.82) is 0 Å². The average Bonchev–Trinajstić information content (AvgIpc) is 3.28. The molecule has 6 nitrogen and oxygen atoms in total. The highest BCUT2D eigenvalue weighted by atomic mass is 16.5. The maximum atomic E-state index is 13.4. The van der Waals surface area contributed by atoms with Gasteiger partial charge < -0.3 is 19.5 Å². The molecule has 166 valence electrons. The van der Waals surface area contributed by atoms with E-state index in [0.29, 0.717) is 18.7 Å². The Morgan fingerprint density at radius 2 is 1.73 bits per heavy atom. The third kappa shape index (κ3) is 4.20. The van der Waals surface area contributed by atoms with Crippen LogP contribution in [0.1, 0.15) is 16.1 Å². The lowest BCUT2D eigenvalue weighted by molar-refractivity contribution is -0.121. The number of aromatic nitrogens is 1. The maximum Gasteiger partial charge on any atom is 0.270 e. The van der Waals surface area contributed by atoms with E-state index >= 15 is 0 Å². The second-order valence-electron chi connectivity index (χ2n) is 8.26. The standard InChI is InChI=1S/C27H25N3O3/c1-33-23-12-13-24-20(15-23)16-25(28-24)27(32)29-17-22(14-19-8-4-2-5-9-19)30(26(31)18-29)21-10-6-3-7-11-21/h2-13,15-16,22,28H,14,17-18H2,1H3/t22-/m0/s1. The summed E-state index contributed by atoms with van der Waals surface area (Å²) >= 11 is 0. The van der Waals surface area contributed by atoms with E-state index in [1.165, 1.54) is 0 Å². The number of nitrogens with zero attached hydrogens (tertiary/aromatic N) is 2. The van der Waals surface area contributed by atoms with Crippen LogP contribution in [0.3, 0.4) is 0 Å². The van der Waals surface area contributed by atoms with Crippen LogP contribution in [-0.4, -0.2) is 47.9 Å². The summed E-state index contributed by atoms with van der Waals surface area (Å²) in [5, 5.41) is 0.896. The monoisotopic (exact) mass is 439 g/mol. The number of nitrogens with one attached hydrogen (secondary N) is 1. The average molecular weight is 440 g/mol. The number of hydrogen-bond donors (Lipinski definition) is 1. The number of benzene rings is 3. The molecule has 0 aliphatic carbocycles. The first-order valence-corrected chi connectivity index (χ1v) is 11.0. The van der Waals surface area contributed by atoms with Crippen molar-refractivity contribution in [2.24, 2.45) is 0 Å². The van der Waals surface area contributed by atoms with Crippen molar-refractivity contribution in [3.05, 3.63) is 96.2 Å². The minimum Gasteiger partial charge on any atom is -0.497 e. The summed E-state index contributed by atoms with van der Waals surface area (Å²) in [6, 6.07) is 27.0. The molecule has 2 heterocycles. The van der Waals surface area contributed by atoms with Gasteiger partial charge in [0.2, 0.25) is 5.91 Å². The normalized spacial score (nSPS) is 16.3. The van der Waals surface area contributed by atoms with E-state index in [9.17, 15) is 9.59 Å². The first kappa shape index (κ1) is 20.8. The Kier molecular flexibility index (Phi) is 5.57. The van der Waals surface area contributed by atoms with Crippen LogP contribution in [0.25, 0.3) is 10.9 Å². The lowest BCUT2D eigenvalue weighted by Gasteiger charge is -2.41. The summed E-state index contributed by atoms with van der Waals surface area (Å²) in [6.45, 7) is 0.491. The third-order valence-corrected chi connectivity index (χ3v) is 6.09. The molecule has 0 radical (unpaired) electrons. The van der Waals surface area contributed by atoms with E-state index in [-0.39, 0.29) is 24.4 Å². The van der Waals surface area contributed by atoms with Gasteiger partial charge in [0.1, 0.15) is 18.0 Å². The van der Waals surface area contributed by atoms with E-state index in [1.807, 2.05) is 77.7 Å². The van der Waals surface area contributed by atoms with Gasteiger partial charge in [-0.05, 0) is 48.4 Å². The SMILES string of the molecule is COc1ccc2[nH]c(C(=O)N3CC(=O)N(c4ccccc4)[C@@H](Cc4ccccc4)C3)cc2c1. The highest BCUT2D eigenvalue weighted by Gasteiger charge is 2.36. The number of fused-ring (bicyclic) bond motifs is 1. The fourth-order valence-corrected chi connectivity index (χ4v) is 4.51. The van der Waals surface area contributed by atoms with Gasteiger partial charge in [0.15, 0.2) is 0 Å². The number of hydrogen-bond acceptors (Lipinski definition) is 3. The number of ether oxygens (including phenoxy) is 1. The van der Waals surface area contributed by atoms with Gasteiger partial charge >= 0.3 is 0 Å². The molecule has 6 heteroatoms. The molecule has 0 spiro atoms. The fourth-order valence-electron chi connectivity index (χ4n) is 4.51. The minimum atomic E-state index is -0.177. The molecule has 3 aromatic carbocycles. The van der Waals surface area contributed by atoms with Gasteiger partial charge in [0, 0.05) is 23.1 Å². The summed E-state index contributed by atoms with van der Waals surface area (Å²) in [5.41, 5.74) is 3.31. The third-order valence-electron chi connectivity index (χ3n) is 6.09. The summed E-state index contributed by atoms with van der Waals surface area (Å²) in [7, 11) is 1.62. The predicted octanol–water partition coefficient (Wildman–Crippen LogP) is 4.28. The molecule has 33 heavy (non-hydrogen) atoms. The van der Waals surface area contributed by atoms with Gasteiger partial charge in [-0.1, -0.05) is 48.5 Å². The van der Waals surface area contributed by atoms with Gasteiger partial charge in [0.25, 0.3) is 5.91 Å². The Labute approximate surface area is 192 Å². The molecule has 1 aliphatic rings. The van der Waals surface area contributed by atoms with E-state index < -0.39 is 0 Å². The number of anilines is 1. The Morgan fingerprint density at radius 3 is 2.45 bits per heavy atom. The quantitative estimate of drug-likeness (QED) is 0.505. The van der Waals surface area contributed by atoms with Crippen molar-refractivity contribution in [2.45, 2.75) is 12.5 Å². The van der Waals surface area contributed by atoms with Gasteiger partial charge in [-0.25, -0.2) is 0 Å². The molecule has 0 unspecified atom stereocenters. The zero-order valence-corrected chi connectivity index (χ0v) is 18.4. The summed E-state index contributed by atoms with van der Waals surface area (Å²) in [6.07, 6.45) is 0.662.